The first kappa shape index (κ1) is 12.0. The Morgan fingerprint density at radius 1 is 1.60 bits per heavy atom. The Bertz CT molecular complexity index is 307. The number of nitrogens with one attached hydrogen (secondary N) is 1. The number of alkyl halides is 3. The molecule has 1 rings (SSSR count). The minimum Gasteiger partial charge on any atom is -0.338 e. The zero-order valence-electron chi connectivity index (χ0n) is 8.25. The lowest BCUT2D eigenvalue weighted by Crippen LogP contribution is -2.46. The van der Waals surface area contributed by atoms with Crippen molar-refractivity contribution in [2.24, 2.45) is 12.9 Å². The molecule has 3 N–H and O–H groups in total. The van der Waals surface area contributed by atoms with E-state index in [1.807, 2.05) is 0 Å². The summed E-state index contributed by atoms with van der Waals surface area (Å²) in [6, 6.07) is -1.69. The van der Waals surface area contributed by atoms with Crippen LogP contribution in [-0.2, 0) is 13.5 Å². The third kappa shape index (κ3) is 3.21. The van der Waals surface area contributed by atoms with E-state index in [0.29, 0.717) is 5.82 Å². The van der Waals surface area contributed by atoms with E-state index in [9.17, 15) is 13.2 Å². The molecule has 0 radical (unpaired) electrons. The van der Waals surface area contributed by atoms with Crippen LogP contribution in [0, 0.1) is 0 Å². The zero-order valence-corrected chi connectivity index (χ0v) is 8.25. The molecule has 4 nitrogen and oxygen atoms in total. The summed E-state index contributed by atoms with van der Waals surface area (Å²) in [5.74, 6) is 5.45. The van der Waals surface area contributed by atoms with Crippen molar-refractivity contribution in [2.75, 3.05) is 0 Å². The average molecular weight is 222 g/mol. The average Bonchev–Trinajstić information content (AvgIpc) is 2.50. The van der Waals surface area contributed by atoms with Crippen molar-refractivity contribution < 1.29 is 13.2 Å². The normalized spacial score (nSPS) is 14.2. The molecule has 0 aliphatic rings. The van der Waals surface area contributed by atoms with Crippen LogP contribution < -0.4 is 11.3 Å². The molecule has 1 aromatic heterocycles. The number of nitrogens with zero attached hydrogens (tertiary/aromatic N) is 2. The van der Waals surface area contributed by atoms with Gasteiger partial charge in [0.2, 0.25) is 0 Å². The molecule has 0 bridgehead atoms. The predicted octanol–water partition coefficient (Wildman–Crippen LogP) is 0.747. The third-order valence-electron chi connectivity index (χ3n) is 2.17. The van der Waals surface area contributed by atoms with E-state index in [0.717, 1.165) is 0 Å². The highest BCUT2D eigenvalue weighted by atomic mass is 19.4. The molecule has 1 unspecified atom stereocenters. The SMILES string of the molecule is Cn1ccnc1CCC(NN)C(F)(F)F. The minimum absolute atomic E-state index is 0.120. The monoisotopic (exact) mass is 222 g/mol. The largest absolute Gasteiger partial charge is 0.405 e. The summed E-state index contributed by atoms with van der Waals surface area (Å²) in [4.78, 5) is 3.93. The summed E-state index contributed by atoms with van der Waals surface area (Å²) in [7, 11) is 1.74. The quantitative estimate of drug-likeness (QED) is 0.583. The molecular weight excluding hydrogens is 209 g/mol. The Morgan fingerprint density at radius 3 is 2.67 bits per heavy atom. The van der Waals surface area contributed by atoms with Gasteiger partial charge in [0.1, 0.15) is 11.9 Å². The van der Waals surface area contributed by atoms with Crippen LogP contribution in [0.3, 0.4) is 0 Å². The molecule has 15 heavy (non-hydrogen) atoms. The molecule has 1 aromatic rings. The van der Waals surface area contributed by atoms with Gasteiger partial charge in [-0.1, -0.05) is 0 Å². The first-order valence-electron chi connectivity index (χ1n) is 4.44. The highest BCUT2D eigenvalue weighted by Crippen LogP contribution is 2.22. The van der Waals surface area contributed by atoms with Gasteiger partial charge in [0.15, 0.2) is 0 Å². The van der Waals surface area contributed by atoms with Crippen LogP contribution in [-0.4, -0.2) is 21.8 Å². The van der Waals surface area contributed by atoms with Crippen molar-refractivity contribution in [3.05, 3.63) is 18.2 Å². The van der Waals surface area contributed by atoms with Gasteiger partial charge in [-0.2, -0.15) is 13.2 Å². The Hall–Kier alpha value is -1.08. The van der Waals surface area contributed by atoms with Gasteiger partial charge in [-0.25, -0.2) is 10.4 Å². The number of hydrogen-bond donors (Lipinski definition) is 2. The predicted molar refractivity (Wildman–Crippen MR) is 48.7 cm³/mol. The second-order valence-corrected chi connectivity index (χ2v) is 3.25. The van der Waals surface area contributed by atoms with Gasteiger partial charge < -0.3 is 4.57 Å². The highest BCUT2D eigenvalue weighted by Gasteiger charge is 2.38. The third-order valence-corrected chi connectivity index (χ3v) is 2.17. The van der Waals surface area contributed by atoms with E-state index >= 15 is 0 Å². The molecule has 0 aliphatic heterocycles. The Balaban J connectivity index is 2.52. The second-order valence-electron chi connectivity index (χ2n) is 3.25. The maximum atomic E-state index is 12.3. The molecule has 0 saturated heterocycles. The number of nitrogens with two attached hydrogens (primary N) is 1. The summed E-state index contributed by atoms with van der Waals surface area (Å²) in [5, 5.41) is 0. The fourth-order valence-corrected chi connectivity index (χ4v) is 1.25. The first-order chi connectivity index (χ1) is 6.95. The van der Waals surface area contributed by atoms with Crippen LogP contribution in [0.4, 0.5) is 13.2 Å². The molecular formula is C8H13F3N4. The lowest BCUT2D eigenvalue weighted by molar-refractivity contribution is -0.157. The van der Waals surface area contributed by atoms with Crippen LogP contribution in [0.5, 0.6) is 0 Å². The molecule has 0 fully saturated rings. The number of halogens is 3. The van der Waals surface area contributed by atoms with E-state index in [-0.39, 0.29) is 12.8 Å². The molecule has 0 amide bonds. The van der Waals surface area contributed by atoms with E-state index in [4.69, 9.17) is 5.84 Å². The van der Waals surface area contributed by atoms with E-state index < -0.39 is 12.2 Å². The van der Waals surface area contributed by atoms with Crippen LogP contribution in [0.25, 0.3) is 0 Å². The van der Waals surface area contributed by atoms with Crippen LogP contribution in [0.1, 0.15) is 12.2 Å². The van der Waals surface area contributed by atoms with E-state index in [2.05, 4.69) is 4.98 Å². The number of hydrazine groups is 1. The van der Waals surface area contributed by atoms with E-state index in [1.165, 1.54) is 0 Å². The fraction of sp³-hybridized carbons (Fsp3) is 0.625. The number of aryl methyl sites for hydroxylation is 2. The number of imidazole rings is 1. The van der Waals surface area contributed by atoms with Crippen molar-refractivity contribution >= 4 is 0 Å². The van der Waals surface area contributed by atoms with E-state index in [1.54, 1.807) is 29.4 Å². The molecule has 7 heteroatoms. The van der Waals surface area contributed by atoms with Crippen molar-refractivity contribution in [3.63, 3.8) is 0 Å². The standard InChI is InChI=1S/C8H13F3N4/c1-15-5-4-13-7(15)3-2-6(14-12)8(9,10)11/h4-6,14H,2-3,12H2,1H3. The Kier molecular flexibility index (Phi) is 3.70. The second kappa shape index (κ2) is 4.63. The summed E-state index contributed by atoms with van der Waals surface area (Å²) < 4.78 is 38.5. The summed E-state index contributed by atoms with van der Waals surface area (Å²) in [5.41, 5.74) is 1.76. The lowest BCUT2D eigenvalue weighted by Gasteiger charge is -2.18. The Morgan fingerprint density at radius 2 is 2.27 bits per heavy atom. The van der Waals surface area contributed by atoms with Gasteiger partial charge in [0.25, 0.3) is 0 Å². The maximum absolute atomic E-state index is 12.3. The van der Waals surface area contributed by atoms with Gasteiger partial charge in [-0.15, -0.1) is 0 Å². The zero-order chi connectivity index (χ0) is 11.5. The van der Waals surface area contributed by atoms with Gasteiger partial charge in [0, 0.05) is 25.9 Å². The van der Waals surface area contributed by atoms with Gasteiger partial charge in [-0.3, -0.25) is 5.84 Å². The summed E-state index contributed by atoms with van der Waals surface area (Å²) >= 11 is 0. The van der Waals surface area contributed by atoms with Crippen molar-refractivity contribution in [1.82, 2.24) is 15.0 Å². The van der Waals surface area contributed by atoms with Crippen LogP contribution in [0.15, 0.2) is 12.4 Å². The Labute approximate surface area is 85.3 Å². The molecule has 1 atom stereocenters. The molecule has 0 saturated carbocycles. The van der Waals surface area contributed by atoms with Crippen molar-refractivity contribution in [1.29, 1.82) is 0 Å². The smallest absolute Gasteiger partial charge is 0.338 e. The van der Waals surface area contributed by atoms with Gasteiger partial charge >= 0.3 is 6.18 Å². The van der Waals surface area contributed by atoms with Crippen LogP contribution >= 0.6 is 0 Å². The first-order valence-corrected chi connectivity index (χ1v) is 4.44. The van der Waals surface area contributed by atoms with Crippen molar-refractivity contribution in [3.8, 4) is 0 Å². The lowest BCUT2D eigenvalue weighted by atomic mass is 10.1. The van der Waals surface area contributed by atoms with Crippen molar-refractivity contribution in [2.45, 2.75) is 25.1 Å². The topological polar surface area (TPSA) is 55.9 Å². The molecule has 0 aliphatic carbocycles. The maximum Gasteiger partial charge on any atom is 0.405 e. The molecule has 0 aromatic carbocycles. The fourth-order valence-electron chi connectivity index (χ4n) is 1.25. The number of rotatable bonds is 4. The summed E-state index contributed by atoms with van der Waals surface area (Å²) in [6.45, 7) is 0. The number of aromatic nitrogens is 2. The van der Waals surface area contributed by atoms with Crippen LogP contribution in [0.2, 0.25) is 0 Å². The van der Waals surface area contributed by atoms with Gasteiger partial charge in [-0.05, 0) is 6.42 Å². The molecule has 1 heterocycles. The molecule has 86 valence electrons. The highest BCUT2D eigenvalue weighted by molar-refractivity contribution is 4.92. The summed E-state index contributed by atoms with van der Waals surface area (Å²) in [6.07, 6.45) is -0.968. The number of hydrogen-bond acceptors (Lipinski definition) is 3. The minimum atomic E-state index is -4.32. The molecule has 0 spiro atoms. The van der Waals surface area contributed by atoms with Gasteiger partial charge in [0.05, 0.1) is 0 Å².